The summed E-state index contributed by atoms with van der Waals surface area (Å²) in [5, 5.41) is 7.18. The van der Waals surface area contributed by atoms with Crippen molar-refractivity contribution in [3.63, 3.8) is 0 Å². The summed E-state index contributed by atoms with van der Waals surface area (Å²) in [6.07, 6.45) is 7.90. The molecule has 44 heavy (non-hydrogen) atoms. The SMILES string of the molecule is C=Cc1cnc(N[C@@H]2CCC[C@H](NC(=O)OCc3ccccc3)C2)nc1-c1cn(S(=O)(=O)c2ccccc2)c2ccccc12. The largest absolute Gasteiger partial charge is 0.445 e. The van der Waals surface area contributed by atoms with Gasteiger partial charge < -0.3 is 15.4 Å². The summed E-state index contributed by atoms with van der Waals surface area (Å²) in [5.74, 6) is 0.422. The fourth-order valence-electron chi connectivity index (χ4n) is 5.64. The zero-order valence-corrected chi connectivity index (χ0v) is 24.9. The number of carbonyl (C=O) groups is 1. The Hall–Kier alpha value is -4.96. The van der Waals surface area contributed by atoms with Gasteiger partial charge in [-0.2, -0.15) is 0 Å². The highest BCUT2D eigenvalue weighted by Crippen LogP contribution is 2.35. The second-order valence-corrected chi connectivity index (χ2v) is 12.6. The summed E-state index contributed by atoms with van der Waals surface area (Å²) in [7, 11) is -3.85. The van der Waals surface area contributed by atoms with Gasteiger partial charge in [0.1, 0.15) is 6.61 Å². The molecule has 0 saturated heterocycles. The molecule has 2 atom stereocenters. The summed E-state index contributed by atoms with van der Waals surface area (Å²) >= 11 is 0. The molecule has 1 fully saturated rings. The number of nitrogens with zero attached hydrogens (tertiary/aromatic N) is 3. The number of carbonyl (C=O) groups excluding carboxylic acids is 1. The highest BCUT2D eigenvalue weighted by atomic mass is 32.2. The molecule has 0 radical (unpaired) electrons. The first-order valence-corrected chi connectivity index (χ1v) is 16.0. The summed E-state index contributed by atoms with van der Waals surface area (Å²) < 4.78 is 34.0. The van der Waals surface area contributed by atoms with E-state index in [-0.39, 0.29) is 23.6 Å². The van der Waals surface area contributed by atoms with Crippen LogP contribution in [0.2, 0.25) is 0 Å². The molecule has 5 aromatic rings. The highest BCUT2D eigenvalue weighted by molar-refractivity contribution is 7.90. The van der Waals surface area contributed by atoms with Crippen molar-refractivity contribution >= 4 is 39.0 Å². The van der Waals surface area contributed by atoms with Gasteiger partial charge in [-0.05, 0) is 49.4 Å². The average Bonchev–Trinajstić information content (AvgIpc) is 3.45. The van der Waals surface area contributed by atoms with Crippen LogP contribution in [0, 0.1) is 0 Å². The van der Waals surface area contributed by atoms with Crippen LogP contribution in [0.15, 0.2) is 109 Å². The maximum absolute atomic E-state index is 13.7. The Balaban J connectivity index is 1.22. The molecule has 3 aromatic carbocycles. The Morgan fingerprint density at radius 1 is 0.977 bits per heavy atom. The van der Waals surface area contributed by atoms with Crippen molar-refractivity contribution in [2.45, 2.75) is 49.3 Å². The quantitative estimate of drug-likeness (QED) is 0.193. The van der Waals surface area contributed by atoms with Crippen LogP contribution in [-0.4, -0.2) is 40.5 Å². The minimum Gasteiger partial charge on any atom is -0.445 e. The predicted octanol–water partition coefficient (Wildman–Crippen LogP) is 6.63. The first kappa shape index (κ1) is 29.1. The van der Waals surface area contributed by atoms with Crippen LogP contribution in [0.5, 0.6) is 0 Å². The van der Waals surface area contributed by atoms with E-state index in [2.05, 4.69) is 22.2 Å². The lowest BCUT2D eigenvalue weighted by Gasteiger charge is -2.30. The predicted molar refractivity (Wildman–Crippen MR) is 172 cm³/mol. The van der Waals surface area contributed by atoms with Crippen LogP contribution in [0.1, 0.15) is 36.8 Å². The number of amides is 1. The molecule has 2 heterocycles. The monoisotopic (exact) mass is 607 g/mol. The van der Waals surface area contributed by atoms with Gasteiger partial charge in [-0.15, -0.1) is 0 Å². The van der Waals surface area contributed by atoms with E-state index in [0.29, 0.717) is 34.7 Å². The number of alkyl carbamates (subject to hydrolysis) is 1. The third kappa shape index (κ3) is 6.21. The van der Waals surface area contributed by atoms with Gasteiger partial charge in [-0.25, -0.2) is 27.2 Å². The van der Waals surface area contributed by atoms with Gasteiger partial charge in [-0.3, -0.25) is 0 Å². The van der Waals surface area contributed by atoms with Gasteiger partial charge in [0.05, 0.1) is 16.1 Å². The van der Waals surface area contributed by atoms with Gasteiger partial charge in [0.15, 0.2) is 0 Å². The zero-order chi connectivity index (χ0) is 30.5. The van der Waals surface area contributed by atoms with E-state index in [1.165, 1.54) is 3.97 Å². The molecule has 1 aliphatic rings. The molecular formula is C34H33N5O4S. The average molecular weight is 608 g/mol. The molecule has 9 nitrogen and oxygen atoms in total. The minimum absolute atomic E-state index is 0.0328. The van der Waals surface area contributed by atoms with Crippen molar-refractivity contribution in [1.82, 2.24) is 19.3 Å². The number of benzene rings is 3. The number of ether oxygens (including phenoxy) is 1. The first-order chi connectivity index (χ1) is 21.4. The van der Waals surface area contributed by atoms with E-state index < -0.39 is 16.1 Å². The summed E-state index contributed by atoms with van der Waals surface area (Å²) in [4.78, 5) is 22.1. The molecule has 0 bridgehead atoms. The van der Waals surface area contributed by atoms with Crippen LogP contribution >= 0.6 is 0 Å². The van der Waals surface area contributed by atoms with E-state index in [0.717, 1.165) is 30.2 Å². The number of nitrogens with one attached hydrogen (secondary N) is 2. The van der Waals surface area contributed by atoms with Crippen LogP contribution in [-0.2, 0) is 21.4 Å². The van der Waals surface area contributed by atoms with E-state index in [9.17, 15) is 13.2 Å². The van der Waals surface area contributed by atoms with Crippen molar-refractivity contribution in [3.8, 4) is 11.3 Å². The van der Waals surface area contributed by atoms with E-state index in [1.807, 2.05) is 48.5 Å². The maximum Gasteiger partial charge on any atom is 0.407 e. The lowest BCUT2D eigenvalue weighted by Crippen LogP contribution is -2.42. The van der Waals surface area contributed by atoms with Gasteiger partial charge in [0.2, 0.25) is 5.95 Å². The first-order valence-electron chi connectivity index (χ1n) is 14.6. The van der Waals surface area contributed by atoms with E-state index >= 15 is 0 Å². The lowest BCUT2D eigenvalue weighted by atomic mass is 9.91. The summed E-state index contributed by atoms with van der Waals surface area (Å²) in [5.41, 5.74) is 3.40. The second-order valence-electron chi connectivity index (χ2n) is 10.8. The lowest BCUT2D eigenvalue weighted by molar-refractivity contribution is 0.132. The van der Waals surface area contributed by atoms with Crippen molar-refractivity contribution in [3.05, 3.63) is 115 Å². The van der Waals surface area contributed by atoms with Crippen molar-refractivity contribution in [1.29, 1.82) is 0 Å². The van der Waals surface area contributed by atoms with Crippen LogP contribution in [0.3, 0.4) is 0 Å². The Bertz CT molecular complexity index is 1890. The van der Waals surface area contributed by atoms with Crippen LogP contribution < -0.4 is 10.6 Å². The smallest absolute Gasteiger partial charge is 0.407 e. The summed E-state index contributed by atoms with van der Waals surface area (Å²) in [6, 6.07) is 25.3. The number of hydrogen-bond acceptors (Lipinski definition) is 7. The Morgan fingerprint density at radius 2 is 1.68 bits per heavy atom. The van der Waals surface area contributed by atoms with Gasteiger partial charge in [0.25, 0.3) is 10.0 Å². The molecule has 6 rings (SSSR count). The zero-order valence-electron chi connectivity index (χ0n) is 24.1. The molecule has 10 heteroatoms. The van der Waals surface area contributed by atoms with Crippen molar-refractivity contribution in [2.24, 2.45) is 0 Å². The number of rotatable bonds is 9. The maximum atomic E-state index is 13.7. The highest BCUT2D eigenvalue weighted by Gasteiger charge is 2.26. The number of anilines is 1. The molecule has 2 aromatic heterocycles. The molecular weight excluding hydrogens is 574 g/mol. The number of para-hydroxylation sites is 1. The Kier molecular flexibility index (Phi) is 8.42. The molecule has 0 aliphatic heterocycles. The van der Waals surface area contributed by atoms with Gasteiger partial charge >= 0.3 is 6.09 Å². The standard InChI is InChI=1S/C34H33N5O4S/c1-2-25-21-35-33(36-26-14-11-15-27(20-26)37-34(40)43-23-24-12-5-3-6-13-24)38-32(25)30-22-39(31-19-10-9-18-29(30)31)44(41,42)28-16-7-4-8-17-28/h2-10,12-13,16-19,21-22,26-27H,1,11,14-15,20,23H2,(H,37,40)(H,35,36,38)/t26-,27+/m1/s1. The number of fused-ring (bicyclic) bond motifs is 1. The fourth-order valence-corrected chi connectivity index (χ4v) is 7.03. The molecule has 224 valence electrons. The van der Waals surface area contributed by atoms with Crippen LogP contribution in [0.4, 0.5) is 10.7 Å². The molecule has 1 saturated carbocycles. The number of hydrogen-bond donors (Lipinski definition) is 2. The second kappa shape index (κ2) is 12.7. The Morgan fingerprint density at radius 3 is 2.45 bits per heavy atom. The summed E-state index contributed by atoms with van der Waals surface area (Å²) in [6.45, 7) is 4.16. The van der Waals surface area contributed by atoms with Crippen molar-refractivity contribution in [2.75, 3.05) is 5.32 Å². The molecule has 2 N–H and O–H groups in total. The minimum atomic E-state index is -3.85. The molecule has 1 amide bonds. The molecule has 1 aliphatic carbocycles. The van der Waals surface area contributed by atoms with Crippen LogP contribution in [0.25, 0.3) is 28.2 Å². The Labute approximate surface area is 256 Å². The molecule has 0 unspecified atom stereocenters. The van der Waals surface area contributed by atoms with E-state index in [4.69, 9.17) is 9.72 Å². The number of aromatic nitrogens is 3. The van der Waals surface area contributed by atoms with E-state index in [1.54, 1.807) is 54.9 Å². The fraction of sp³-hybridized carbons (Fsp3) is 0.206. The van der Waals surface area contributed by atoms with Gasteiger partial charge in [-0.1, -0.05) is 79.4 Å². The van der Waals surface area contributed by atoms with Crippen molar-refractivity contribution < 1.29 is 17.9 Å². The normalized spacial score (nSPS) is 16.7. The third-order valence-electron chi connectivity index (χ3n) is 7.81. The topological polar surface area (TPSA) is 115 Å². The van der Waals surface area contributed by atoms with Gasteiger partial charge in [0, 0.05) is 41.0 Å². The molecule has 0 spiro atoms. The third-order valence-corrected chi connectivity index (χ3v) is 9.50.